The maximum absolute atomic E-state index is 4.61. The van der Waals surface area contributed by atoms with Gasteiger partial charge in [0.15, 0.2) is 0 Å². The monoisotopic (exact) mass is 339 g/mol. The number of aryl methyl sites for hydroxylation is 2. The van der Waals surface area contributed by atoms with Crippen molar-refractivity contribution in [1.29, 1.82) is 0 Å². The van der Waals surface area contributed by atoms with Gasteiger partial charge in [-0.3, -0.25) is 0 Å². The zero-order chi connectivity index (χ0) is 17.9. The third kappa shape index (κ3) is 3.52. The van der Waals surface area contributed by atoms with Gasteiger partial charge >= 0.3 is 0 Å². The summed E-state index contributed by atoms with van der Waals surface area (Å²) < 4.78 is 2.08. The lowest BCUT2D eigenvalue weighted by Crippen LogP contribution is -1.92. The molecular formula is C23H21N3. The summed E-state index contributed by atoms with van der Waals surface area (Å²) in [5.74, 6) is 0. The molecule has 0 atom stereocenters. The Labute approximate surface area is 154 Å². The molecule has 128 valence electrons. The molecule has 0 aliphatic carbocycles. The minimum atomic E-state index is 0.959. The van der Waals surface area contributed by atoms with Gasteiger partial charge in [0.1, 0.15) is 0 Å². The standard InChI is InChI=1S/C23H21N3/c1-17-11-18(2)13-22(12-17)26-15-23(24-16-26)19-7-6-10-21(14-19)25-20-8-4-3-5-9-20/h3-16,25H,1-2H3. The molecule has 1 N–H and O–H groups in total. The van der Waals surface area contributed by atoms with Gasteiger partial charge in [-0.2, -0.15) is 0 Å². The van der Waals surface area contributed by atoms with E-state index < -0.39 is 0 Å². The number of benzene rings is 3. The Morgan fingerprint density at radius 3 is 2.27 bits per heavy atom. The van der Waals surface area contributed by atoms with E-state index in [1.54, 1.807) is 0 Å². The molecule has 3 nitrogen and oxygen atoms in total. The smallest absolute Gasteiger partial charge is 0.0999 e. The van der Waals surface area contributed by atoms with Crippen molar-refractivity contribution < 1.29 is 0 Å². The molecule has 0 aliphatic rings. The predicted octanol–water partition coefficient (Wildman–Crippen LogP) is 5.90. The van der Waals surface area contributed by atoms with Crippen LogP contribution in [0.2, 0.25) is 0 Å². The van der Waals surface area contributed by atoms with E-state index in [1.807, 2.05) is 24.5 Å². The van der Waals surface area contributed by atoms with Gasteiger partial charge in [0, 0.05) is 28.8 Å². The fourth-order valence-electron chi connectivity index (χ4n) is 3.16. The highest BCUT2D eigenvalue weighted by atomic mass is 15.0. The second kappa shape index (κ2) is 6.89. The molecule has 0 fully saturated rings. The first-order valence-electron chi connectivity index (χ1n) is 8.72. The van der Waals surface area contributed by atoms with Gasteiger partial charge in [-0.25, -0.2) is 4.98 Å². The Kier molecular flexibility index (Phi) is 4.28. The summed E-state index contributed by atoms with van der Waals surface area (Å²) in [5.41, 5.74) is 7.82. The Hall–Kier alpha value is -3.33. The molecule has 4 rings (SSSR count). The van der Waals surface area contributed by atoms with Crippen LogP contribution in [0.3, 0.4) is 0 Å². The highest BCUT2D eigenvalue weighted by molar-refractivity contribution is 5.68. The second-order valence-corrected chi connectivity index (χ2v) is 6.58. The molecule has 4 aromatic rings. The quantitative estimate of drug-likeness (QED) is 0.501. The van der Waals surface area contributed by atoms with Gasteiger partial charge in [0.25, 0.3) is 0 Å². The molecule has 3 heteroatoms. The van der Waals surface area contributed by atoms with Crippen LogP contribution >= 0.6 is 0 Å². The van der Waals surface area contributed by atoms with Gasteiger partial charge in [-0.1, -0.05) is 36.4 Å². The Bertz CT molecular complexity index is 1010. The van der Waals surface area contributed by atoms with Gasteiger partial charge in [0.2, 0.25) is 0 Å². The molecule has 3 aromatic carbocycles. The summed E-state index contributed by atoms with van der Waals surface area (Å²) in [6.07, 6.45) is 3.96. The van der Waals surface area contributed by atoms with Crippen molar-refractivity contribution in [2.75, 3.05) is 5.32 Å². The number of nitrogens with one attached hydrogen (secondary N) is 1. The summed E-state index contributed by atoms with van der Waals surface area (Å²) >= 11 is 0. The lowest BCUT2D eigenvalue weighted by molar-refractivity contribution is 1.05. The molecule has 0 bridgehead atoms. The minimum absolute atomic E-state index is 0.959. The molecule has 0 unspecified atom stereocenters. The van der Waals surface area contributed by atoms with Crippen LogP contribution in [0.5, 0.6) is 0 Å². The average molecular weight is 339 g/mol. The van der Waals surface area contributed by atoms with Crippen LogP contribution in [-0.2, 0) is 0 Å². The van der Waals surface area contributed by atoms with Crippen LogP contribution in [-0.4, -0.2) is 9.55 Å². The third-order valence-corrected chi connectivity index (χ3v) is 4.31. The number of nitrogens with zero attached hydrogens (tertiary/aromatic N) is 2. The van der Waals surface area contributed by atoms with Crippen LogP contribution in [0.4, 0.5) is 11.4 Å². The Morgan fingerprint density at radius 2 is 1.50 bits per heavy atom. The van der Waals surface area contributed by atoms with Crippen molar-refractivity contribution in [2.45, 2.75) is 13.8 Å². The molecule has 0 saturated heterocycles. The highest BCUT2D eigenvalue weighted by Gasteiger charge is 2.06. The third-order valence-electron chi connectivity index (χ3n) is 4.31. The van der Waals surface area contributed by atoms with E-state index in [4.69, 9.17) is 0 Å². The van der Waals surface area contributed by atoms with Crippen molar-refractivity contribution in [3.05, 3.63) is 96.4 Å². The van der Waals surface area contributed by atoms with Gasteiger partial charge in [-0.05, 0) is 61.4 Å². The molecule has 0 spiro atoms. The van der Waals surface area contributed by atoms with Crippen molar-refractivity contribution in [3.8, 4) is 16.9 Å². The lowest BCUT2D eigenvalue weighted by Gasteiger charge is -2.07. The number of rotatable bonds is 4. The largest absolute Gasteiger partial charge is 0.356 e. The van der Waals surface area contributed by atoms with E-state index in [1.165, 1.54) is 11.1 Å². The summed E-state index contributed by atoms with van der Waals surface area (Å²) in [7, 11) is 0. The van der Waals surface area contributed by atoms with Gasteiger partial charge < -0.3 is 9.88 Å². The number of aromatic nitrogens is 2. The predicted molar refractivity (Wildman–Crippen MR) is 108 cm³/mol. The first-order valence-corrected chi connectivity index (χ1v) is 8.72. The van der Waals surface area contributed by atoms with E-state index in [-0.39, 0.29) is 0 Å². The second-order valence-electron chi connectivity index (χ2n) is 6.58. The SMILES string of the molecule is Cc1cc(C)cc(-n2cnc(-c3cccc(Nc4ccccc4)c3)c2)c1. The van der Waals surface area contributed by atoms with E-state index in [2.05, 4.69) is 89.5 Å². The summed E-state index contributed by atoms with van der Waals surface area (Å²) in [6.45, 7) is 4.24. The molecule has 0 saturated carbocycles. The molecular weight excluding hydrogens is 318 g/mol. The number of imidazole rings is 1. The van der Waals surface area contributed by atoms with Crippen molar-refractivity contribution in [1.82, 2.24) is 9.55 Å². The molecule has 26 heavy (non-hydrogen) atoms. The van der Waals surface area contributed by atoms with Crippen molar-refractivity contribution in [2.24, 2.45) is 0 Å². The highest BCUT2D eigenvalue weighted by Crippen LogP contribution is 2.25. The van der Waals surface area contributed by atoms with Crippen LogP contribution in [0.15, 0.2) is 85.3 Å². The number of para-hydroxylation sites is 1. The average Bonchev–Trinajstić information content (AvgIpc) is 3.12. The first kappa shape index (κ1) is 16.2. The normalized spacial score (nSPS) is 10.7. The van der Waals surface area contributed by atoms with E-state index in [9.17, 15) is 0 Å². The lowest BCUT2D eigenvalue weighted by atomic mass is 10.1. The fraction of sp³-hybridized carbons (Fsp3) is 0.0870. The molecule has 0 amide bonds. The van der Waals surface area contributed by atoms with E-state index in [0.29, 0.717) is 0 Å². The van der Waals surface area contributed by atoms with Gasteiger partial charge in [0.05, 0.1) is 12.0 Å². The van der Waals surface area contributed by atoms with Crippen LogP contribution in [0.1, 0.15) is 11.1 Å². The Balaban J connectivity index is 1.62. The van der Waals surface area contributed by atoms with Crippen LogP contribution < -0.4 is 5.32 Å². The van der Waals surface area contributed by atoms with Crippen LogP contribution in [0.25, 0.3) is 16.9 Å². The number of hydrogen-bond acceptors (Lipinski definition) is 2. The summed E-state index contributed by atoms with van der Waals surface area (Å²) in [6, 6.07) is 25.0. The number of hydrogen-bond donors (Lipinski definition) is 1. The number of anilines is 2. The zero-order valence-corrected chi connectivity index (χ0v) is 15.0. The molecule has 1 heterocycles. The molecule has 0 aliphatic heterocycles. The maximum Gasteiger partial charge on any atom is 0.0999 e. The first-order chi connectivity index (χ1) is 12.7. The van der Waals surface area contributed by atoms with Gasteiger partial charge in [-0.15, -0.1) is 0 Å². The van der Waals surface area contributed by atoms with Crippen molar-refractivity contribution >= 4 is 11.4 Å². The van der Waals surface area contributed by atoms with Crippen LogP contribution in [0, 0.1) is 13.8 Å². The molecule has 1 aromatic heterocycles. The van der Waals surface area contributed by atoms with E-state index >= 15 is 0 Å². The summed E-state index contributed by atoms with van der Waals surface area (Å²) in [5, 5.41) is 3.43. The fourth-order valence-corrected chi connectivity index (χ4v) is 3.16. The minimum Gasteiger partial charge on any atom is -0.356 e. The van der Waals surface area contributed by atoms with Crippen molar-refractivity contribution in [3.63, 3.8) is 0 Å². The topological polar surface area (TPSA) is 29.9 Å². The zero-order valence-electron chi connectivity index (χ0n) is 15.0. The van der Waals surface area contributed by atoms with E-state index in [0.717, 1.165) is 28.3 Å². The maximum atomic E-state index is 4.61. The summed E-state index contributed by atoms with van der Waals surface area (Å²) in [4.78, 5) is 4.61. The molecule has 0 radical (unpaired) electrons. The Morgan fingerprint density at radius 1 is 0.769 bits per heavy atom.